The molecule has 0 amide bonds. The SMILES string of the molecule is CNCC1CCN(C2CC2)C1c1cc(C)ccc1C. The number of hydrogen-bond acceptors (Lipinski definition) is 2. The summed E-state index contributed by atoms with van der Waals surface area (Å²) in [4.78, 5) is 2.78. The predicted molar refractivity (Wildman–Crippen MR) is 80.4 cm³/mol. The minimum atomic E-state index is 0.639. The Balaban J connectivity index is 1.93. The Morgan fingerprint density at radius 1 is 1.21 bits per heavy atom. The van der Waals surface area contributed by atoms with Gasteiger partial charge < -0.3 is 5.32 Å². The lowest BCUT2D eigenvalue weighted by Gasteiger charge is -2.30. The van der Waals surface area contributed by atoms with E-state index in [1.807, 2.05) is 0 Å². The molecule has 1 saturated heterocycles. The lowest BCUT2D eigenvalue weighted by molar-refractivity contribution is 0.216. The standard InChI is InChI=1S/C17H26N2/c1-12-4-5-13(2)16(10-12)17-14(11-18-3)8-9-19(17)15-6-7-15/h4-5,10,14-15,17-18H,6-9,11H2,1-3H3. The summed E-state index contributed by atoms with van der Waals surface area (Å²) in [5.41, 5.74) is 4.43. The third kappa shape index (κ3) is 2.56. The van der Waals surface area contributed by atoms with Crippen LogP contribution in [-0.4, -0.2) is 31.1 Å². The molecule has 1 aromatic rings. The molecule has 19 heavy (non-hydrogen) atoms. The Hall–Kier alpha value is -0.860. The van der Waals surface area contributed by atoms with Gasteiger partial charge in [0.15, 0.2) is 0 Å². The first-order valence-electron chi connectivity index (χ1n) is 7.68. The summed E-state index contributed by atoms with van der Waals surface area (Å²) in [6.07, 6.45) is 4.16. The molecule has 1 aliphatic carbocycles. The van der Waals surface area contributed by atoms with Crippen LogP contribution in [0.5, 0.6) is 0 Å². The smallest absolute Gasteiger partial charge is 0.0394 e. The van der Waals surface area contributed by atoms with Crippen molar-refractivity contribution < 1.29 is 0 Å². The molecule has 1 aromatic carbocycles. The zero-order chi connectivity index (χ0) is 13.4. The summed E-state index contributed by atoms with van der Waals surface area (Å²) < 4.78 is 0. The third-order valence-corrected chi connectivity index (χ3v) is 4.80. The highest BCUT2D eigenvalue weighted by atomic mass is 15.2. The van der Waals surface area contributed by atoms with Gasteiger partial charge >= 0.3 is 0 Å². The lowest BCUT2D eigenvalue weighted by Crippen LogP contribution is -2.31. The number of aryl methyl sites for hydroxylation is 2. The molecule has 3 rings (SSSR count). The van der Waals surface area contributed by atoms with Crippen molar-refractivity contribution in [1.82, 2.24) is 10.2 Å². The van der Waals surface area contributed by atoms with Crippen LogP contribution in [0.15, 0.2) is 18.2 Å². The molecule has 2 atom stereocenters. The summed E-state index contributed by atoms with van der Waals surface area (Å²) in [6, 6.07) is 8.46. The number of rotatable bonds is 4. The quantitative estimate of drug-likeness (QED) is 0.893. The molecule has 1 N–H and O–H groups in total. The Kier molecular flexibility index (Phi) is 3.64. The van der Waals surface area contributed by atoms with E-state index in [0.717, 1.165) is 18.5 Å². The average molecular weight is 258 g/mol. The second kappa shape index (κ2) is 5.26. The van der Waals surface area contributed by atoms with Gasteiger partial charge in [0.1, 0.15) is 0 Å². The molecular weight excluding hydrogens is 232 g/mol. The number of hydrogen-bond donors (Lipinski definition) is 1. The summed E-state index contributed by atoms with van der Waals surface area (Å²) in [7, 11) is 2.08. The maximum absolute atomic E-state index is 3.40. The number of nitrogens with zero attached hydrogens (tertiary/aromatic N) is 1. The maximum Gasteiger partial charge on any atom is 0.0394 e. The summed E-state index contributed by atoms with van der Waals surface area (Å²) in [5, 5.41) is 3.40. The summed E-state index contributed by atoms with van der Waals surface area (Å²) in [6.45, 7) is 6.91. The van der Waals surface area contributed by atoms with Crippen LogP contribution >= 0.6 is 0 Å². The van der Waals surface area contributed by atoms with E-state index in [4.69, 9.17) is 0 Å². The van der Waals surface area contributed by atoms with E-state index in [2.05, 4.69) is 49.3 Å². The Morgan fingerprint density at radius 2 is 2.00 bits per heavy atom. The Bertz CT molecular complexity index is 451. The van der Waals surface area contributed by atoms with Crippen LogP contribution in [0.3, 0.4) is 0 Å². The molecule has 2 fully saturated rings. The van der Waals surface area contributed by atoms with E-state index in [-0.39, 0.29) is 0 Å². The fraction of sp³-hybridized carbons (Fsp3) is 0.647. The zero-order valence-corrected chi connectivity index (χ0v) is 12.4. The van der Waals surface area contributed by atoms with E-state index in [9.17, 15) is 0 Å². The fourth-order valence-electron chi connectivity index (χ4n) is 3.69. The molecule has 2 aliphatic rings. The molecule has 2 unspecified atom stereocenters. The van der Waals surface area contributed by atoms with Gasteiger partial charge in [0.2, 0.25) is 0 Å². The van der Waals surface area contributed by atoms with Gasteiger partial charge in [0.25, 0.3) is 0 Å². The minimum Gasteiger partial charge on any atom is -0.319 e. The van der Waals surface area contributed by atoms with Crippen molar-refractivity contribution in [2.75, 3.05) is 20.1 Å². The third-order valence-electron chi connectivity index (χ3n) is 4.80. The largest absolute Gasteiger partial charge is 0.319 e. The van der Waals surface area contributed by atoms with Crippen molar-refractivity contribution in [2.45, 2.75) is 45.2 Å². The van der Waals surface area contributed by atoms with Crippen molar-refractivity contribution >= 4 is 0 Å². The summed E-state index contributed by atoms with van der Waals surface area (Å²) >= 11 is 0. The average Bonchev–Trinajstić information content (AvgIpc) is 3.15. The predicted octanol–water partition coefficient (Wildman–Crippen LogP) is 3.05. The first-order valence-corrected chi connectivity index (χ1v) is 7.68. The van der Waals surface area contributed by atoms with Crippen molar-refractivity contribution in [2.24, 2.45) is 5.92 Å². The zero-order valence-electron chi connectivity index (χ0n) is 12.4. The van der Waals surface area contributed by atoms with Gasteiger partial charge in [-0.15, -0.1) is 0 Å². The van der Waals surface area contributed by atoms with Gasteiger partial charge in [-0.25, -0.2) is 0 Å². The highest BCUT2D eigenvalue weighted by molar-refractivity contribution is 5.34. The van der Waals surface area contributed by atoms with Crippen LogP contribution in [-0.2, 0) is 0 Å². The van der Waals surface area contributed by atoms with Crippen LogP contribution < -0.4 is 5.32 Å². The molecular formula is C17H26N2. The van der Waals surface area contributed by atoms with E-state index >= 15 is 0 Å². The van der Waals surface area contributed by atoms with Gasteiger partial charge in [-0.1, -0.05) is 23.8 Å². The van der Waals surface area contributed by atoms with E-state index in [1.165, 1.54) is 36.9 Å². The van der Waals surface area contributed by atoms with Crippen LogP contribution in [0, 0.1) is 19.8 Å². The topological polar surface area (TPSA) is 15.3 Å². The molecule has 2 nitrogen and oxygen atoms in total. The van der Waals surface area contributed by atoms with Crippen molar-refractivity contribution in [3.8, 4) is 0 Å². The van der Waals surface area contributed by atoms with Gasteiger partial charge in [-0.2, -0.15) is 0 Å². The first kappa shape index (κ1) is 13.1. The molecule has 0 radical (unpaired) electrons. The van der Waals surface area contributed by atoms with E-state index in [0.29, 0.717) is 6.04 Å². The minimum absolute atomic E-state index is 0.639. The number of benzene rings is 1. The second-order valence-corrected chi connectivity index (χ2v) is 6.38. The highest BCUT2D eigenvalue weighted by Gasteiger charge is 2.42. The van der Waals surface area contributed by atoms with Gasteiger partial charge in [0.05, 0.1) is 0 Å². The number of nitrogens with one attached hydrogen (secondary N) is 1. The number of likely N-dealkylation sites (tertiary alicyclic amines) is 1. The molecule has 0 aromatic heterocycles. The molecule has 1 aliphatic heterocycles. The molecule has 1 heterocycles. The van der Waals surface area contributed by atoms with Gasteiger partial charge in [0, 0.05) is 12.1 Å². The molecule has 1 saturated carbocycles. The van der Waals surface area contributed by atoms with Crippen molar-refractivity contribution in [1.29, 1.82) is 0 Å². The molecule has 2 heteroatoms. The van der Waals surface area contributed by atoms with Gasteiger partial charge in [-0.05, 0) is 70.3 Å². The first-order chi connectivity index (χ1) is 9.20. The molecule has 0 bridgehead atoms. The van der Waals surface area contributed by atoms with Crippen LogP contribution in [0.2, 0.25) is 0 Å². The molecule has 104 valence electrons. The Morgan fingerprint density at radius 3 is 2.68 bits per heavy atom. The normalized spacial score (nSPS) is 27.9. The maximum atomic E-state index is 3.40. The van der Waals surface area contributed by atoms with Crippen LogP contribution in [0.4, 0.5) is 0 Å². The van der Waals surface area contributed by atoms with E-state index in [1.54, 1.807) is 5.56 Å². The monoisotopic (exact) mass is 258 g/mol. The molecule has 0 spiro atoms. The lowest BCUT2D eigenvalue weighted by atomic mass is 9.89. The van der Waals surface area contributed by atoms with Crippen molar-refractivity contribution in [3.05, 3.63) is 34.9 Å². The van der Waals surface area contributed by atoms with Crippen molar-refractivity contribution in [3.63, 3.8) is 0 Å². The van der Waals surface area contributed by atoms with Crippen LogP contribution in [0.25, 0.3) is 0 Å². The van der Waals surface area contributed by atoms with Crippen LogP contribution in [0.1, 0.15) is 42.0 Å². The second-order valence-electron chi connectivity index (χ2n) is 6.38. The highest BCUT2D eigenvalue weighted by Crippen LogP contribution is 2.44. The summed E-state index contributed by atoms with van der Waals surface area (Å²) in [5.74, 6) is 0.770. The Labute approximate surface area is 117 Å². The fourth-order valence-corrected chi connectivity index (χ4v) is 3.69. The van der Waals surface area contributed by atoms with E-state index < -0.39 is 0 Å². The van der Waals surface area contributed by atoms with Gasteiger partial charge in [-0.3, -0.25) is 4.90 Å².